The lowest BCUT2D eigenvalue weighted by atomic mass is 10.2. The zero-order valence-electron chi connectivity index (χ0n) is 10.4. The molecular formula is C13H10Br2N2O2S. The van der Waals surface area contributed by atoms with Crippen LogP contribution < -0.4 is 5.43 Å². The van der Waals surface area contributed by atoms with Crippen molar-refractivity contribution in [1.82, 2.24) is 5.43 Å². The second-order valence-electron chi connectivity index (χ2n) is 3.93. The van der Waals surface area contributed by atoms with Crippen LogP contribution in [-0.2, 0) is 0 Å². The van der Waals surface area contributed by atoms with E-state index in [0.717, 1.165) is 4.88 Å². The Morgan fingerprint density at radius 3 is 2.80 bits per heavy atom. The maximum absolute atomic E-state index is 11.9. The molecule has 0 unspecified atom stereocenters. The standard InChI is InChI=1S/C13H10Br2N2O2S/c1-7-2-3-9(20-7)6-16-17-13(19)10-4-8(14)5-11(15)12(10)18/h2-6,18H,1H3,(H,17,19)/b16-6-. The number of halogens is 2. The average molecular weight is 418 g/mol. The van der Waals surface area contributed by atoms with Gasteiger partial charge < -0.3 is 5.11 Å². The third kappa shape index (κ3) is 3.68. The summed E-state index contributed by atoms with van der Waals surface area (Å²) >= 11 is 8.02. The Balaban J connectivity index is 2.11. The molecule has 2 rings (SSSR count). The van der Waals surface area contributed by atoms with Crippen molar-refractivity contribution >= 4 is 55.3 Å². The van der Waals surface area contributed by atoms with Gasteiger partial charge in [-0.05, 0) is 47.1 Å². The van der Waals surface area contributed by atoms with Crippen LogP contribution in [0, 0.1) is 6.92 Å². The van der Waals surface area contributed by atoms with Crippen LogP contribution in [0.4, 0.5) is 0 Å². The Morgan fingerprint density at radius 2 is 2.15 bits per heavy atom. The van der Waals surface area contributed by atoms with Crippen LogP contribution >= 0.6 is 43.2 Å². The van der Waals surface area contributed by atoms with Crippen LogP contribution in [0.3, 0.4) is 0 Å². The number of carbonyl (C=O) groups is 1. The fourth-order valence-corrected chi connectivity index (χ4v) is 3.45. The molecule has 1 aromatic carbocycles. The number of aromatic hydroxyl groups is 1. The molecule has 0 aliphatic carbocycles. The highest BCUT2D eigenvalue weighted by molar-refractivity contribution is 9.11. The number of aryl methyl sites for hydroxylation is 1. The zero-order valence-corrected chi connectivity index (χ0v) is 14.3. The number of hydrogen-bond acceptors (Lipinski definition) is 4. The summed E-state index contributed by atoms with van der Waals surface area (Å²) in [6, 6.07) is 7.08. The molecule has 2 aromatic rings. The van der Waals surface area contributed by atoms with Gasteiger partial charge in [0.15, 0.2) is 0 Å². The monoisotopic (exact) mass is 416 g/mol. The van der Waals surface area contributed by atoms with Crippen molar-refractivity contribution in [3.63, 3.8) is 0 Å². The summed E-state index contributed by atoms with van der Waals surface area (Å²) in [5.74, 6) is -0.595. The van der Waals surface area contributed by atoms with Crippen LogP contribution in [0.15, 0.2) is 38.3 Å². The summed E-state index contributed by atoms with van der Waals surface area (Å²) in [6.07, 6.45) is 1.57. The Morgan fingerprint density at radius 1 is 1.40 bits per heavy atom. The van der Waals surface area contributed by atoms with Crippen molar-refractivity contribution in [2.24, 2.45) is 5.10 Å². The Labute approximate surface area is 136 Å². The van der Waals surface area contributed by atoms with E-state index in [9.17, 15) is 9.90 Å². The number of phenolic OH excluding ortho intramolecular Hbond substituents is 1. The first-order valence-electron chi connectivity index (χ1n) is 5.55. The van der Waals surface area contributed by atoms with E-state index < -0.39 is 5.91 Å². The lowest BCUT2D eigenvalue weighted by Crippen LogP contribution is -2.17. The first-order valence-corrected chi connectivity index (χ1v) is 7.95. The van der Waals surface area contributed by atoms with Gasteiger partial charge >= 0.3 is 0 Å². The van der Waals surface area contributed by atoms with E-state index in [-0.39, 0.29) is 11.3 Å². The molecule has 1 aromatic heterocycles. The van der Waals surface area contributed by atoms with E-state index in [1.54, 1.807) is 23.6 Å². The summed E-state index contributed by atoms with van der Waals surface area (Å²) in [5, 5.41) is 13.7. The van der Waals surface area contributed by atoms with Crippen LogP contribution in [0.5, 0.6) is 5.75 Å². The number of benzene rings is 1. The fraction of sp³-hybridized carbons (Fsp3) is 0.0769. The van der Waals surface area contributed by atoms with Crippen molar-refractivity contribution in [3.05, 3.63) is 48.5 Å². The predicted molar refractivity (Wildman–Crippen MR) is 87.6 cm³/mol. The smallest absolute Gasteiger partial charge is 0.275 e. The molecule has 104 valence electrons. The normalized spacial score (nSPS) is 10.9. The molecule has 0 spiro atoms. The van der Waals surface area contributed by atoms with Gasteiger partial charge in [-0.1, -0.05) is 15.9 Å². The number of carbonyl (C=O) groups excluding carboxylic acids is 1. The molecule has 0 bridgehead atoms. The highest BCUT2D eigenvalue weighted by Crippen LogP contribution is 2.31. The summed E-state index contributed by atoms with van der Waals surface area (Å²) in [4.78, 5) is 14.1. The molecule has 0 saturated heterocycles. The third-order valence-corrected chi connectivity index (χ3v) is 4.39. The Bertz CT molecular complexity index is 683. The van der Waals surface area contributed by atoms with Gasteiger partial charge in [-0.25, -0.2) is 5.43 Å². The average Bonchev–Trinajstić information content (AvgIpc) is 2.79. The van der Waals surface area contributed by atoms with E-state index >= 15 is 0 Å². The lowest BCUT2D eigenvalue weighted by Gasteiger charge is -2.05. The van der Waals surface area contributed by atoms with Gasteiger partial charge in [-0.2, -0.15) is 5.10 Å². The van der Waals surface area contributed by atoms with Gasteiger partial charge in [0, 0.05) is 14.2 Å². The molecule has 4 nitrogen and oxygen atoms in total. The molecule has 1 heterocycles. The predicted octanol–water partition coefficient (Wildman–Crippen LogP) is 4.05. The van der Waals surface area contributed by atoms with E-state index in [2.05, 4.69) is 42.4 Å². The van der Waals surface area contributed by atoms with Crippen molar-refractivity contribution in [3.8, 4) is 5.75 Å². The number of nitrogens with zero attached hydrogens (tertiary/aromatic N) is 1. The number of nitrogens with one attached hydrogen (secondary N) is 1. The number of hydrogen-bond donors (Lipinski definition) is 2. The van der Waals surface area contributed by atoms with E-state index in [4.69, 9.17) is 0 Å². The molecular weight excluding hydrogens is 408 g/mol. The highest BCUT2D eigenvalue weighted by Gasteiger charge is 2.14. The van der Waals surface area contributed by atoms with Crippen LogP contribution in [-0.4, -0.2) is 17.2 Å². The van der Waals surface area contributed by atoms with Gasteiger partial charge in [0.1, 0.15) is 5.75 Å². The molecule has 0 radical (unpaired) electrons. The van der Waals surface area contributed by atoms with Gasteiger partial charge in [0.05, 0.1) is 16.3 Å². The molecule has 7 heteroatoms. The van der Waals surface area contributed by atoms with Gasteiger partial charge in [0.2, 0.25) is 0 Å². The first-order chi connectivity index (χ1) is 9.47. The van der Waals surface area contributed by atoms with E-state index in [1.807, 2.05) is 19.1 Å². The van der Waals surface area contributed by atoms with E-state index in [1.165, 1.54) is 10.9 Å². The molecule has 0 saturated carbocycles. The summed E-state index contributed by atoms with van der Waals surface area (Å²) < 4.78 is 1.13. The topological polar surface area (TPSA) is 61.7 Å². The maximum atomic E-state index is 11.9. The third-order valence-electron chi connectivity index (χ3n) is 2.39. The maximum Gasteiger partial charge on any atom is 0.275 e. The summed E-state index contributed by atoms with van der Waals surface area (Å²) in [6.45, 7) is 2.00. The highest BCUT2D eigenvalue weighted by atomic mass is 79.9. The number of amides is 1. The lowest BCUT2D eigenvalue weighted by molar-refractivity contribution is 0.0952. The molecule has 0 atom stereocenters. The first kappa shape index (κ1) is 15.2. The minimum atomic E-state index is -0.478. The molecule has 0 fully saturated rings. The molecule has 1 amide bonds. The van der Waals surface area contributed by atoms with Crippen LogP contribution in [0.1, 0.15) is 20.1 Å². The Hall–Kier alpha value is -1.18. The molecule has 0 aliphatic heterocycles. The summed E-state index contributed by atoms with van der Waals surface area (Å²) in [5.41, 5.74) is 2.53. The second-order valence-corrected chi connectivity index (χ2v) is 7.02. The SMILES string of the molecule is Cc1ccc(/C=N\NC(=O)c2cc(Br)cc(Br)c2O)s1. The molecule has 20 heavy (non-hydrogen) atoms. The van der Waals surface area contributed by atoms with Gasteiger partial charge in [-0.15, -0.1) is 11.3 Å². The number of phenols is 1. The second kappa shape index (κ2) is 6.51. The zero-order chi connectivity index (χ0) is 14.7. The van der Waals surface area contributed by atoms with Gasteiger partial charge in [0.25, 0.3) is 5.91 Å². The fourth-order valence-electron chi connectivity index (χ4n) is 1.48. The van der Waals surface area contributed by atoms with Gasteiger partial charge in [-0.3, -0.25) is 4.79 Å². The van der Waals surface area contributed by atoms with Crippen molar-refractivity contribution in [2.75, 3.05) is 0 Å². The number of thiophene rings is 1. The largest absolute Gasteiger partial charge is 0.506 e. The number of rotatable bonds is 3. The van der Waals surface area contributed by atoms with Crippen molar-refractivity contribution in [2.45, 2.75) is 6.92 Å². The number of hydrazone groups is 1. The van der Waals surface area contributed by atoms with Crippen molar-refractivity contribution in [1.29, 1.82) is 0 Å². The Kier molecular flexibility index (Phi) is 4.95. The van der Waals surface area contributed by atoms with Crippen LogP contribution in [0.2, 0.25) is 0 Å². The van der Waals surface area contributed by atoms with E-state index in [0.29, 0.717) is 8.95 Å². The molecule has 2 N–H and O–H groups in total. The minimum absolute atomic E-state index is 0.118. The minimum Gasteiger partial charge on any atom is -0.506 e. The summed E-state index contributed by atoms with van der Waals surface area (Å²) in [7, 11) is 0. The quantitative estimate of drug-likeness (QED) is 0.584. The van der Waals surface area contributed by atoms with Crippen LogP contribution in [0.25, 0.3) is 0 Å². The van der Waals surface area contributed by atoms with Crippen molar-refractivity contribution < 1.29 is 9.90 Å². The molecule has 0 aliphatic rings.